The van der Waals surface area contributed by atoms with E-state index in [2.05, 4.69) is 0 Å². The average molecular weight is 279 g/mol. The van der Waals surface area contributed by atoms with Crippen LogP contribution in [0, 0.1) is 0 Å². The van der Waals surface area contributed by atoms with Gasteiger partial charge in [-0.3, -0.25) is 0 Å². The first-order valence-electron chi connectivity index (χ1n) is 1.11. The van der Waals surface area contributed by atoms with Crippen molar-refractivity contribution in [2.45, 2.75) is 0 Å². The van der Waals surface area contributed by atoms with Gasteiger partial charge in [-0.1, -0.05) is 0 Å². The van der Waals surface area contributed by atoms with Crippen molar-refractivity contribution in [1.82, 2.24) is 0 Å². The van der Waals surface area contributed by atoms with Crippen LogP contribution in [0.15, 0.2) is 0 Å². The van der Waals surface area contributed by atoms with Gasteiger partial charge >= 0.3 is 145 Å². The SMILES string of the molecule is O=C([O-])[O-].O=[Se]([O-])[O-].[Na+].[Na+].[Na+].[Na+]. The fraction of sp³-hybridized carbons (Fsp3) is 0. The zero-order valence-electron chi connectivity index (χ0n) is 7.36. The van der Waals surface area contributed by atoms with Crippen LogP contribution in [0.25, 0.3) is 0 Å². The summed E-state index contributed by atoms with van der Waals surface area (Å²) in [7, 11) is 0. The van der Waals surface area contributed by atoms with Gasteiger partial charge in [-0.05, 0) is 6.16 Å². The minimum absolute atomic E-state index is 0. The molecule has 11 heteroatoms. The number of carboxylic acid groups (broad SMARTS) is 2. The fourth-order valence-corrected chi connectivity index (χ4v) is 0. The van der Waals surface area contributed by atoms with E-state index in [0.717, 1.165) is 0 Å². The zero-order chi connectivity index (χ0) is 7.15. The van der Waals surface area contributed by atoms with Gasteiger partial charge in [-0.25, -0.2) is 0 Å². The van der Waals surface area contributed by atoms with Gasteiger partial charge in [0, 0.05) is 0 Å². The molecule has 0 amide bonds. The standard InChI is InChI=1S/CH2O3.4Na.H2O3Se/c2-1(3)4;;;;;1-4(2)3/h(H2,2,3,4);;;;;(H2,1,2,3)/q;4*+1;/p-4. The summed E-state index contributed by atoms with van der Waals surface area (Å²) in [5.74, 6) is 0. The predicted molar refractivity (Wildman–Crippen MR) is 11.8 cm³/mol. The fourth-order valence-electron chi connectivity index (χ4n) is 0. The molecule has 50 valence electrons. The summed E-state index contributed by atoms with van der Waals surface area (Å²) in [4.78, 5) is 8.33. The monoisotopic (exact) mass is 280 g/mol. The largest absolute Gasteiger partial charge is 1.00 e. The smallest absolute Gasteiger partial charge is 1.00 e. The molecule has 0 fully saturated rings. The molecule has 0 aromatic heterocycles. The van der Waals surface area contributed by atoms with Gasteiger partial charge in [0.1, 0.15) is 0 Å². The van der Waals surface area contributed by atoms with E-state index in [1.165, 1.54) is 0 Å². The van der Waals surface area contributed by atoms with Gasteiger partial charge in [-0.2, -0.15) is 0 Å². The van der Waals surface area contributed by atoms with Crippen LogP contribution in [0.1, 0.15) is 0 Å². The number of rotatable bonds is 0. The minimum Gasteiger partial charge on any atom is 1.00 e. The molecule has 0 unspecified atom stereocenters. The Morgan fingerprint density at radius 3 is 0.917 bits per heavy atom. The van der Waals surface area contributed by atoms with Crippen molar-refractivity contribution in [1.29, 1.82) is 0 Å². The van der Waals surface area contributed by atoms with E-state index >= 15 is 0 Å². The Balaban J connectivity index is -0.0000000112. The number of hydrogen-bond acceptors (Lipinski definition) is 6. The molecule has 0 atom stereocenters. The van der Waals surface area contributed by atoms with Gasteiger partial charge < -0.3 is 15.0 Å². The quantitative estimate of drug-likeness (QED) is 0.405. The molecule has 0 saturated carbocycles. The molecule has 0 aromatic rings. The second-order valence-electron chi connectivity index (χ2n) is 0.454. The van der Waals surface area contributed by atoms with Crippen LogP contribution < -0.4 is 137 Å². The van der Waals surface area contributed by atoms with Crippen molar-refractivity contribution in [2.75, 3.05) is 0 Å². The Morgan fingerprint density at radius 1 is 0.917 bits per heavy atom. The molecule has 0 spiro atoms. The van der Waals surface area contributed by atoms with Crippen LogP contribution >= 0.6 is 0 Å². The van der Waals surface area contributed by atoms with Crippen LogP contribution in [-0.4, -0.2) is 20.6 Å². The Morgan fingerprint density at radius 2 is 0.917 bits per heavy atom. The number of carbonyl (C=O) groups is 1. The van der Waals surface area contributed by atoms with E-state index in [-0.39, 0.29) is 118 Å². The zero-order valence-corrected chi connectivity index (χ0v) is 17.1. The van der Waals surface area contributed by atoms with Gasteiger partial charge in [0.2, 0.25) is 0 Å². The maximum Gasteiger partial charge on any atom is 1.00 e. The summed E-state index contributed by atoms with van der Waals surface area (Å²) >= 11 is -3.79. The normalized spacial score (nSPS) is 4.92. The van der Waals surface area contributed by atoms with Crippen LogP contribution in [0.4, 0.5) is 4.79 Å². The summed E-state index contributed by atoms with van der Waals surface area (Å²) in [6.45, 7) is 0. The summed E-state index contributed by atoms with van der Waals surface area (Å²) in [5.41, 5.74) is 0. The number of hydrogen-bond donors (Lipinski definition) is 0. The van der Waals surface area contributed by atoms with Crippen molar-refractivity contribution in [3.8, 4) is 0 Å². The molecule has 0 bridgehead atoms. The number of carbonyl (C=O) groups excluding carboxylic acids is 1. The summed E-state index contributed by atoms with van der Waals surface area (Å²) in [6.07, 6.45) is -2.33. The van der Waals surface area contributed by atoms with Crippen molar-refractivity contribution in [3.05, 3.63) is 0 Å². The third-order valence-corrected chi connectivity index (χ3v) is 0. The molecule has 0 N–H and O–H groups in total. The molecule has 0 rings (SSSR count). The molecule has 0 saturated heterocycles. The molecule has 0 aliphatic heterocycles. The van der Waals surface area contributed by atoms with Crippen LogP contribution in [0.2, 0.25) is 0 Å². The minimum atomic E-state index is -3.79. The van der Waals surface area contributed by atoms with E-state index in [4.69, 9.17) is 27.2 Å². The molecule has 0 radical (unpaired) electrons. The molecule has 0 aliphatic rings. The Kier molecular flexibility index (Phi) is 88.1. The second kappa shape index (κ2) is 29.3. The molecule has 6 nitrogen and oxygen atoms in total. The molecule has 0 heterocycles. The van der Waals surface area contributed by atoms with Crippen molar-refractivity contribution >= 4 is 20.6 Å². The van der Waals surface area contributed by atoms with E-state index in [9.17, 15) is 0 Å². The Labute approximate surface area is 162 Å². The molecule has 0 aliphatic carbocycles. The first kappa shape index (κ1) is 36.1. The van der Waals surface area contributed by atoms with Crippen molar-refractivity contribution in [3.63, 3.8) is 0 Å². The van der Waals surface area contributed by atoms with Gasteiger partial charge in [0.25, 0.3) is 0 Å². The predicted octanol–water partition coefficient (Wildman–Crippen LogP) is -17.3. The third kappa shape index (κ3) is 172. The van der Waals surface area contributed by atoms with Gasteiger partial charge in [0.05, 0.1) is 0 Å². The van der Waals surface area contributed by atoms with Crippen LogP contribution in [-0.2, 0) is 3.83 Å². The Hall–Kier alpha value is 3.51. The third-order valence-electron chi connectivity index (χ3n) is 0. The maximum atomic E-state index is 8.54. The average Bonchev–Trinajstić information content (AvgIpc) is 1.25. The van der Waals surface area contributed by atoms with Gasteiger partial charge in [0.15, 0.2) is 0 Å². The van der Waals surface area contributed by atoms with Crippen LogP contribution in [0.5, 0.6) is 0 Å². The molecule has 12 heavy (non-hydrogen) atoms. The van der Waals surface area contributed by atoms with Crippen LogP contribution in [0.3, 0.4) is 0 Å². The summed E-state index contributed by atoms with van der Waals surface area (Å²) in [6, 6.07) is 0. The second-order valence-corrected chi connectivity index (χ2v) is 1.31. The molecular weight excluding hydrogens is 279 g/mol. The molecular formula is CNa4O6Se. The van der Waals surface area contributed by atoms with Gasteiger partial charge in [-0.15, -0.1) is 0 Å². The molecule has 0 aromatic carbocycles. The maximum absolute atomic E-state index is 8.54. The van der Waals surface area contributed by atoms with E-state index in [0.29, 0.717) is 0 Å². The topological polar surface area (TPSA) is 126 Å². The first-order chi connectivity index (χ1) is 3.46. The summed E-state index contributed by atoms with van der Waals surface area (Å²) in [5, 5.41) is 16.7. The van der Waals surface area contributed by atoms with Crippen molar-refractivity contribution < 1.29 is 145 Å². The van der Waals surface area contributed by atoms with E-state index in [1.807, 2.05) is 0 Å². The van der Waals surface area contributed by atoms with Crippen molar-refractivity contribution in [2.24, 2.45) is 0 Å². The van der Waals surface area contributed by atoms with E-state index in [1.54, 1.807) is 0 Å². The first-order valence-corrected chi connectivity index (χ1v) is 3.21. The summed E-state index contributed by atoms with van der Waals surface area (Å²) < 4.78 is 25.6. The Bertz CT molecular complexity index is 77.5. The van der Waals surface area contributed by atoms with E-state index < -0.39 is 20.6 Å².